The minimum absolute atomic E-state index is 0. The lowest BCUT2D eigenvalue weighted by Crippen LogP contribution is -2.40. The minimum atomic E-state index is 0. The molecule has 0 fully saturated rings. The first-order chi connectivity index (χ1) is 10.8. The molecule has 1 unspecified atom stereocenters. The number of hydrogen-bond donors (Lipinski definition) is 2. The highest BCUT2D eigenvalue weighted by atomic mass is 127. The van der Waals surface area contributed by atoms with Gasteiger partial charge in [0.05, 0.1) is 13.2 Å². The summed E-state index contributed by atoms with van der Waals surface area (Å²) in [6.07, 6.45) is 0.965. The zero-order valence-corrected chi connectivity index (χ0v) is 16.7. The van der Waals surface area contributed by atoms with Crippen LogP contribution in [0.5, 0.6) is 0 Å². The van der Waals surface area contributed by atoms with E-state index in [0.717, 1.165) is 38.7 Å². The maximum atomic E-state index is 5.74. The number of rotatable bonds is 10. The van der Waals surface area contributed by atoms with Crippen molar-refractivity contribution >= 4 is 29.9 Å². The number of halogens is 1. The second-order valence-electron chi connectivity index (χ2n) is 5.33. The molecule has 0 aliphatic heterocycles. The van der Waals surface area contributed by atoms with Gasteiger partial charge in [0.1, 0.15) is 0 Å². The lowest BCUT2D eigenvalue weighted by Gasteiger charge is -2.16. The first kappa shape index (κ1) is 22.1. The number of nitrogens with zero attached hydrogens (tertiary/aromatic N) is 1. The molecule has 5 nitrogen and oxygen atoms in total. The van der Waals surface area contributed by atoms with Crippen LogP contribution in [0.1, 0.15) is 18.9 Å². The smallest absolute Gasteiger partial charge is 0.190 e. The molecule has 0 aliphatic carbocycles. The van der Waals surface area contributed by atoms with Crippen LogP contribution in [0.25, 0.3) is 0 Å². The number of hydrogen-bond acceptors (Lipinski definition) is 3. The van der Waals surface area contributed by atoms with Crippen molar-refractivity contribution in [3.05, 3.63) is 35.9 Å². The van der Waals surface area contributed by atoms with Crippen molar-refractivity contribution < 1.29 is 9.47 Å². The number of nitrogens with one attached hydrogen (secondary N) is 2. The van der Waals surface area contributed by atoms with Crippen LogP contribution >= 0.6 is 24.0 Å². The molecule has 1 atom stereocenters. The predicted octanol–water partition coefficient (Wildman–Crippen LogP) is 2.66. The van der Waals surface area contributed by atoms with E-state index in [9.17, 15) is 0 Å². The molecule has 6 heteroatoms. The van der Waals surface area contributed by atoms with Gasteiger partial charge in [-0.3, -0.25) is 4.99 Å². The molecule has 1 aromatic rings. The van der Waals surface area contributed by atoms with E-state index in [0.29, 0.717) is 12.5 Å². The maximum Gasteiger partial charge on any atom is 0.190 e. The number of aliphatic imine (C=N–C) groups is 1. The zero-order chi connectivity index (χ0) is 16.0. The molecule has 0 saturated heterocycles. The Kier molecular flexibility index (Phi) is 14.2. The van der Waals surface area contributed by atoms with Crippen LogP contribution < -0.4 is 10.6 Å². The second kappa shape index (κ2) is 14.7. The van der Waals surface area contributed by atoms with Crippen molar-refractivity contribution in [3.8, 4) is 0 Å². The Morgan fingerprint density at radius 2 is 1.96 bits per heavy atom. The molecule has 0 aliphatic rings. The molecule has 132 valence electrons. The third-order valence-corrected chi connectivity index (χ3v) is 3.17. The van der Waals surface area contributed by atoms with Crippen LogP contribution in [-0.2, 0) is 16.1 Å². The van der Waals surface area contributed by atoms with Gasteiger partial charge in [0, 0.05) is 33.9 Å². The largest absolute Gasteiger partial charge is 0.385 e. The summed E-state index contributed by atoms with van der Waals surface area (Å²) < 4.78 is 10.8. The van der Waals surface area contributed by atoms with Gasteiger partial charge in [-0.1, -0.05) is 37.3 Å². The molecule has 1 aromatic carbocycles. The zero-order valence-electron chi connectivity index (χ0n) is 14.4. The summed E-state index contributed by atoms with van der Waals surface area (Å²) in [6.45, 7) is 5.99. The third-order valence-electron chi connectivity index (χ3n) is 3.17. The first-order valence-corrected chi connectivity index (χ1v) is 7.81. The van der Waals surface area contributed by atoms with Gasteiger partial charge in [0.2, 0.25) is 0 Å². The Bertz CT molecular complexity index is 416. The maximum absolute atomic E-state index is 5.74. The van der Waals surface area contributed by atoms with Crippen molar-refractivity contribution in [2.24, 2.45) is 10.9 Å². The van der Waals surface area contributed by atoms with Crippen LogP contribution in [0, 0.1) is 5.92 Å². The Hall–Kier alpha value is -0.860. The van der Waals surface area contributed by atoms with Gasteiger partial charge in [0.25, 0.3) is 0 Å². The summed E-state index contributed by atoms with van der Waals surface area (Å²) >= 11 is 0. The first-order valence-electron chi connectivity index (χ1n) is 7.81. The third kappa shape index (κ3) is 11.3. The van der Waals surface area contributed by atoms with Crippen LogP contribution in [0.2, 0.25) is 0 Å². The number of benzene rings is 1. The molecule has 0 aromatic heterocycles. The van der Waals surface area contributed by atoms with E-state index in [1.165, 1.54) is 5.56 Å². The van der Waals surface area contributed by atoms with E-state index in [1.54, 1.807) is 14.2 Å². The fourth-order valence-corrected chi connectivity index (χ4v) is 1.93. The standard InChI is InChI=1S/C17H29N3O2.HI/c1-15(13-22-14-16-8-5-4-6-9-16)12-20-17(18-2)19-10-7-11-21-3;/h4-6,8-9,15H,7,10-14H2,1-3H3,(H2,18,19,20);1H. The normalized spacial score (nSPS) is 12.4. The topological polar surface area (TPSA) is 54.9 Å². The highest BCUT2D eigenvalue weighted by Gasteiger charge is 2.04. The molecule has 0 saturated carbocycles. The van der Waals surface area contributed by atoms with Gasteiger partial charge in [-0.2, -0.15) is 0 Å². The molecule has 0 radical (unpaired) electrons. The predicted molar refractivity (Wildman–Crippen MR) is 107 cm³/mol. The Morgan fingerprint density at radius 3 is 2.61 bits per heavy atom. The SMILES string of the molecule is CN=C(NCCCOC)NCC(C)COCc1ccccc1.I. The monoisotopic (exact) mass is 435 g/mol. The van der Waals surface area contributed by atoms with Crippen molar-refractivity contribution in [1.82, 2.24) is 10.6 Å². The van der Waals surface area contributed by atoms with Crippen LogP contribution in [0.4, 0.5) is 0 Å². The number of methoxy groups -OCH3 is 1. The van der Waals surface area contributed by atoms with Crippen LogP contribution in [0.15, 0.2) is 35.3 Å². The average molecular weight is 435 g/mol. The summed E-state index contributed by atoms with van der Waals surface area (Å²) in [5.41, 5.74) is 1.21. The highest BCUT2D eigenvalue weighted by Crippen LogP contribution is 2.02. The van der Waals surface area contributed by atoms with E-state index >= 15 is 0 Å². The quantitative estimate of drug-likeness (QED) is 0.257. The fraction of sp³-hybridized carbons (Fsp3) is 0.588. The molecular formula is C17H30IN3O2. The lowest BCUT2D eigenvalue weighted by molar-refractivity contribution is 0.0931. The van der Waals surface area contributed by atoms with E-state index < -0.39 is 0 Å². The van der Waals surface area contributed by atoms with Crippen LogP contribution in [0.3, 0.4) is 0 Å². The van der Waals surface area contributed by atoms with Crippen molar-refractivity contribution in [2.75, 3.05) is 40.5 Å². The van der Waals surface area contributed by atoms with Crippen molar-refractivity contribution in [3.63, 3.8) is 0 Å². The molecule has 0 amide bonds. The van der Waals surface area contributed by atoms with Gasteiger partial charge in [-0.05, 0) is 17.9 Å². The second-order valence-corrected chi connectivity index (χ2v) is 5.33. The van der Waals surface area contributed by atoms with E-state index in [2.05, 4.69) is 34.7 Å². The van der Waals surface area contributed by atoms with Crippen LogP contribution in [-0.4, -0.2) is 46.4 Å². The molecule has 2 N–H and O–H groups in total. The van der Waals surface area contributed by atoms with Gasteiger partial charge in [-0.25, -0.2) is 0 Å². The highest BCUT2D eigenvalue weighted by molar-refractivity contribution is 14.0. The summed E-state index contributed by atoms with van der Waals surface area (Å²) in [5.74, 6) is 1.24. The molecular weight excluding hydrogens is 405 g/mol. The summed E-state index contributed by atoms with van der Waals surface area (Å²) in [4.78, 5) is 4.20. The van der Waals surface area contributed by atoms with Crippen molar-refractivity contribution in [1.29, 1.82) is 0 Å². The summed E-state index contributed by atoms with van der Waals surface area (Å²) in [5, 5.41) is 6.57. The van der Waals surface area contributed by atoms with E-state index in [-0.39, 0.29) is 24.0 Å². The minimum Gasteiger partial charge on any atom is -0.385 e. The Labute approximate surface area is 157 Å². The molecule has 0 spiro atoms. The van der Waals surface area contributed by atoms with Gasteiger partial charge >= 0.3 is 0 Å². The molecule has 1 rings (SSSR count). The average Bonchev–Trinajstić information content (AvgIpc) is 2.55. The molecule has 23 heavy (non-hydrogen) atoms. The van der Waals surface area contributed by atoms with Gasteiger partial charge in [-0.15, -0.1) is 24.0 Å². The van der Waals surface area contributed by atoms with E-state index in [1.807, 2.05) is 18.2 Å². The lowest BCUT2D eigenvalue weighted by atomic mass is 10.2. The van der Waals surface area contributed by atoms with Gasteiger partial charge in [0.15, 0.2) is 5.96 Å². The molecule has 0 heterocycles. The Balaban J connectivity index is 0.00000484. The Morgan fingerprint density at radius 1 is 1.22 bits per heavy atom. The summed E-state index contributed by atoms with van der Waals surface area (Å²) in [6, 6.07) is 10.2. The number of ether oxygens (including phenoxy) is 2. The fourth-order valence-electron chi connectivity index (χ4n) is 1.93. The van der Waals surface area contributed by atoms with E-state index in [4.69, 9.17) is 9.47 Å². The number of guanidine groups is 1. The van der Waals surface area contributed by atoms with Gasteiger partial charge < -0.3 is 20.1 Å². The molecule has 0 bridgehead atoms. The van der Waals surface area contributed by atoms with Crippen molar-refractivity contribution in [2.45, 2.75) is 20.0 Å². The summed E-state index contributed by atoms with van der Waals surface area (Å²) in [7, 11) is 3.49.